The van der Waals surface area contributed by atoms with E-state index in [9.17, 15) is 13.2 Å². The lowest BCUT2D eigenvalue weighted by Crippen LogP contribution is -2.48. The van der Waals surface area contributed by atoms with Gasteiger partial charge in [-0.2, -0.15) is 11.8 Å². The molecule has 0 heterocycles. The highest BCUT2D eigenvalue weighted by Crippen LogP contribution is 2.24. The number of thioether (sulfide) groups is 1. The third-order valence-corrected chi connectivity index (χ3v) is 6.70. The second-order valence-corrected chi connectivity index (χ2v) is 9.89. The Morgan fingerprint density at radius 3 is 2.57 bits per heavy atom. The van der Waals surface area contributed by atoms with Crippen molar-refractivity contribution >= 4 is 45.0 Å². The number of benzene rings is 2. The van der Waals surface area contributed by atoms with Gasteiger partial charge in [0, 0.05) is 23.1 Å². The van der Waals surface area contributed by atoms with Gasteiger partial charge in [-0.25, -0.2) is 8.42 Å². The summed E-state index contributed by atoms with van der Waals surface area (Å²) in [6.07, 6.45) is 1.08. The first-order valence-electron chi connectivity index (χ1n) is 8.85. The Morgan fingerprint density at radius 1 is 1.21 bits per heavy atom. The van der Waals surface area contributed by atoms with Crippen LogP contribution in [0.4, 0.5) is 5.69 Å². The number of anilines is 1. The van der Waals surface area contributed by atoms with Crippen molar-refractivity contribution in [3.8, 4) is 0 Å². The summed E-state index contributed by atoms with van der Waals surface area (Å²) >= 11 is 7.70. The van der Waals surface area contributed by atoms with E-state index in [1.54, 1.807) is 36.9 Å². The average Bonchev–Trinajstić information content (AvgIpc) is 2.61. The fourth-order valence-electron chi connectivity index (χ4n) is 2.77. The minimum absolute atomic E-state index is 0.345. The van der Waals surface area contributed by atoms with Crippen LogP contribution in [0.15, 0.2) is 48.5 Å². The maximum atomic E-state index is 12.5. The molecule has 0 unspecified atom stereocenters. The number of carbonyl (C=O) groups excluding carboxylic acids is 1. The summed E-state index contributed by atoms with van der Waals surface area (Å²) in [7, 11) is -3.65. The van der Waals surface area contributed by atoms with Crippen LogP contribution in [0.1, 0.15) is 18.1 Å². The molecule has 0 aliphatic heterocycles. The summed E-state index contributed by atoms with van der Waals surface area (Å²) in [6, 6.07) is 13.8. The van der Waals surface area contributed by atoms with E-state index in [4.69, 9.17) is 11.6 Å². The number of aryl methyl sites for hydroxylation is 1. The maximum absolute atomic E-state index is 12.5. The van der Waals surface area contributed by atoms with Crippen LogP contribution in [-0.2, 0) is 20.6 Å². The fraction of sp³-hybridized carbons (Fsp3) is 0.350. The lowest BCUT2D eigenvalue weighted by molar-refractivity contribution is -0.121. The average molecular weight is 441 g/mol. The van der Waals surface area contributed by atoms with Crippen LogP contribution >= 0.6 is 23.4 Å². The highest BCUT2D eigenvalue weighted by atomic mass is 35.5. The van der Waals surface area contributed by atoms with Crippen molar-refractivity contribution < 1.29 is 13.2 Å². The third-order valence-electron chi connectivity index (χ3n) is 4.22. The first-order valence-corrected chi connectivity index (χ1v) is 12.2. The first-order chi connectivity index (χ1) is 13.2. The largest absolute Gasteiger partial charge is 0.353 e. The molecular weight excluding hydrogens is 416 g/mol. The monoisotopic (exact) mass is 440 g/mol. The predicted molar refractivity (Wildman–Crippen MR) is 119 cm³/mol. The van der Waals surface area contributed by atoms with E-state index in [1.165, 1.54) is 17.2 Å². The van der Waals surface area contributed by atoms with E-state index >= 15 is 0 Å². The van der Waals surface area contributed by atoms with Crippen molar-refractivity contribution in [3.63, 3.8) is 0 Å². The number of nitrogens with one attached hydrogen (secondary N) is 1. The molecule has 2 rings (SSSR count). The second-order valence-electron chi connectivity index (χ2n) is 6.48. The number of hydrogen-bond acceptors (Lipinski definition) is 4. The van der Waals surface area contributed by atoms with E-state index in [0.717, 1.165) is 22.1 Å². The number of amides is 1. The standard InChI is InChI=1S/C20H25ClN2O3S2/c1-15-7-4-5-8-17(15)14-27-12-11-22-20(24)16(2)23(28(3,25)26)19-10-6-9-18(21)13-19/h4-10,13,16H,11-12,14H2,1-3H3,(H,22,24)/t16-/m1/s1. The SMILES string of the molecule is Cc1ccccc1CSCCNC(=O)[C@@H](C)N(c1cccc(Cl)c1)S(C)(=O)=O. The topological polar surface area (TPSA) is 66.5 Å². The molecule has 0 saturated carbocycles. The van der Waals surface area contributed by atoms with Crippen molar-refractivity contribution in [1.82, 2.24) is 5.32 Å². The van der Waals surface area contributed by atoms with Crippen LogP contribution in [0, 0.1) is 6.92 Å². The molecular formula is C20H25ClN2O3S2. The summed E-state index contributed by atoms with van der Waals surface area (Å²) in [5, 5.41) is 3.23. The highest BCUT2D eigenvalue weighted by molar-refractivity contribution is 7.98. The van der Waals surface area contributed by atoms with Crippen LogP contribution in [0.3, 0.4) is 0 Å². The predicted octanol–water partition coefficient (Wildman–Crippen LogP) is 3.85. The number of hydrogen-bond donors (Lipinski definition) is 1. The number of nitrogens with zero attached hydrogens (tertiary/aromatic N) is 1. The van der Waals surface area contributed by atoms with Crippen LogP contribution in [0.25, 0.3) is 0 Å². The summed E-state index contributed by atoms with van der Waals surface area (Å²) in [6.45, 7) is 4.11. The molecule has 152 valence electrons. The molecule has 0 aliphatic rings. The molecule has 0 bridgehead atoms. The molecule has 28 heavy (non-hydrogen) atoms. The minimum atomic E-state index is -3.65. The van der Waals surface area contributed by atoms with E-state index < -0.39 is 16.1 Å². The molecule has 0 spiro atoms. The molecule has 0 radical (unpaired) electrons. The second kappa shape index (κ2) is 10.2. The molecule has 0 aliphatic carbocycles. The zero-order chi connectivity index (χ0) is 20.7. The molecule has 0 saturated heterocycles. The summed E-state index contributed by atoms with van der Waals surface area (Å²) < 4.78 is 25.6. The molecule has 2 aromatic carbocycles. The Balaban J connectivity index is 1.91. The Morgan fingerprint density at radius 2 is 1.93 bits per heavy atom. The van der Waals surface area contributed by atoms with Crippen LogP contribution < -0.4 is 9.62 Å². The van der Waals surface area contributed by atoms with Gasteiger partial charge in [0.15, 0.2) is 0 Å². The van der Waals surface area contributed by atoms with E-state index in [1.807, 2.05) is 12.1 Å². The van der Waals surface area contributed by atoms with E-state index in [0.29, 0.717) is 17.3 Å². The number of halogens is 1. The van der Waals surface area contributed by atoms with E-state index in [2.05, 4.69) is 24.4 Å². The fourth-order valence-corrected chi connectivity index (χ4v) is 5.06. The van der Waals surface area contributed by atoms with Crippen molar-refractivity contribution in [2.24, 2.45) is 0 Å². The lowest BCUT2D eigenvalue weighted by Gasteiger charge is -2.28. The van der Waals surface area contributed by atoms with Crippen molar-refractivity contribution in [2.75, 3.05) is 22.9 Å². The van der Waals surface area contributed by atoms with Gasteiger partial charge in [-0.1, -0.05) is 41.9 Å². The molecule has 8 heteroatoms. The minimum Gasteiger partial charge on any atom is -0.353 e. The van der Waals surface area contributed by atoms with Gasteiger partial charge in [0.05, 0.1) is 11.9 Å². The van der Waals surface area contributed by atoms with Crippen LogP contribution in [0.2, 0.25) is 5.02 Å². The Labute approximate surface area is 176 Å². The number of sulfonamides is 1. The molecule has 1 amide bonds. The van der Waals surface area contributed by atoms with Gasteiger partial charge in [0.2, 0.25) is 15.9 Å². The Kier molecular flexibility index (Phi) is 8.22. The van der Waals surface area contributed by atoms with Gasteiger partial charge in [-0.15, -0.1) is 0 Å². The van der Waals surface area contributed by atoms with Crippen LogP contribution in [0.5, 0.6) is 0 Å². The highest BCUT2D eigenvalue weighted by Gasteiger charge is 2.29. The van der Waals surface area contributed by atoms with Gasteiger partial charge in [-0.05, 0) is 43.2 Å². The van der Waals surface area contributed by atoms with Gasteiger partial charge in [0.1, 0.15) is 6.04 Å². The maximum Gasteiger partial charge on any atom is 0.243 e. The zero-order valence-electron chi connectivity index (χ0n) is 16.2. The molecule has 1 atom stereocenters. The smallest absolute Gasteiger partial charge is 0.243 e. The van der Waals surface area contributed by atoms with Gasteiger partial charge < -0.3 is 5.32 Å². The summed E-state index contributed by atoms with van der Waals surface area (Å²) in [5.74, 6) is 1.26. The quantitative estimate of drug-likeness (QED) is 0.601. The molecule has 2 aromatic rings. The number of carbonyl (C=O) groups is 1. The summed E-state index contributed by atoms with van der Waals surface area (Å²) in [4.78, 5) is 12.5. The van der Waals surface area contributed by atoms with Crippen molar-refractivity contribution in [3.05, 3.63) is 64.7 Å². The molecule has 0 aromatic heterocycles. The lowest BCUT2D eigenvalue weighted by atomic mass is 10.1. The molecule has 1 N–H and O–H groups in total. The molecule has 0 fully saturated rings. The normalized spacial score (nSPS) is 12.4. The van der Waals surface area contributed by atoms with Crippen LogP contribution in [-0.4, -0.2) is 38.9 Å². The van der Waals surface area contributed by atoms with Crippen molar-refractivity contribution in [2.45, 2.75) is 25.6 Å². The Bertz CT molecular complexity index is 919. The van der Waals surface area contributed by atoms with Gasteiger partial charge >= 0.3 is 0 Å². The molecule has 5 nitrogen and oxygen atoms in total. The van der Waals surface area contributed by atoms with Gasteiger partial charge in [-0.3, -0.25) is 9.10 Å². The van der Waals surface area contributed by atoms with Crippen molar-refractivity contribution in [1.29, 1.82) is 0 Å². The third kappa shape index (κ3) is 6.43. The zero-order valence-corrected chi connectivity index (χ0v) is 18.6. The van der Waals surface area contributed by atoms with Gasteiger partial charge in [0.25, 0.3) is 0 Å². The summed E-state index contributed by atoms with van der Waals surface area (Å²) in [5.41, 5.74) is 2.89. The number of rotatable bonds is 9. The first kappa shape index (κ1) is 22.6. The Hall–Kier alpha value is -1.70. The van der Waals surface area contributed by atoms with E-state index in [-0.39, 0.29) is 5.91 Å².